The lowest BCUT2D eigenvalue weighted by Crippen LogP contribution is -2.00. The fraction of sp³-hybridized carbons (Fsp3) is 0.304. The molecule has 0 aliphatic rings. The first-order valence-electron chi connectivity index (χ1n) is 10.1. The van der Waals surface area contributed by atoms with Gasteiger partial charge in [-0.25, -0.2) is 9.97 Å². The third-order valence-electron chi connectivity index (χ3n) is 4.60. The van der Waals surface area contributed by atoms with E-state index in [9.17, 15) is 4.57 Å². The van der Waals surface area contributed by atoms with Crippen LogP contribution in [-0.2, 0) is 15.3 Å². The van der Waals surface area contributed by atoms with Gasteiger partial charge in [0, 0.05) is 29.6 Å². The Labute approximate surface area is 178 Å². The predicted molar refractivity (Wildman–Crippen MR) is 122 cm³/mol. The molecule has 0 radical (unpaired) electrons. The molecule has 30 heavy (non-hydrogen) atoms. The van der Waals surface area contributed by atoms with E-state index in [1.165, 1.54) is 6.33 Å². The predicted octanol–water partition coefficient (Wildman–Crippen LogP) is 6.12. The largest absolute Gasteiger partial charge is 0.497 e. The van der Waals surface area contributed by atoms with Crippen molar-refractivity contribution >= 4 is 18.9 Å². The lowest BCUT2D eigenvalue weighted by atomic mass is 10.1. The number of benzene rings is 2. The second-order valence-corrected chi connectivity index (χ2v) is 9.61. The number of nitrogens with zero attached hydrogens (tertiary/aromatic N) is 2. The number of methoxy groups -OCH3 is 1. The maximum absolute atomic E-state index is 13.0. The van der Waals surface area contributed by atoms with Gasteiger partial charge in [0.25, 0.3) is 0 Å². The fourth-order valence-corrected chi connectivity index (χ4v) is 5.57. The molecule has 0 amide bonds. The van der Waals surface area contributed by atoms with Crippen molar-refractivity contribution in [3.8, 4) is 17.0 Å². The first kappa shape index (κ1) is 22.0. The van der Waals surface area contributed by atoms with Crippen LogP contribution in [0.3, 0.4) is 0 Å². The van der Waals surface area contributed by atoms with Crippen LogP contribution in [0.25, 0.3) is 11.3 Å². The molecule has 1 heterocycles. The number of aromatic nitrogens is 2. The molecular formula is C23H28N3O3P. The lowest BCUT2D eigenvalue weighted by molar-refractivity contribution is 0.332. The highest BCUT2D eigenvalue weighted by Gasteiger charge is 2.22. The summed E-state index contributed by atoms with van der Waals surface area (Å²) in [6.45, 7) is 4.37. The quantitative estimate of drug-likeness (QED) is 0.395. The number of nitrogens with one attached hydrogen (secondary N) is 1. The summed E-state index contributed by atoms with van der Waals surface area (Å²) >= 11 is 0. The molecule has 6 nitrogen and oxygen atoms in total. The molecule has 0 fully saturated rings. The highest BCUT2D eigenvalue weighted by atomic mass is 31.2. The first-order chi connectivity index (χ1) is 14.5. The molecule has 158 valence electrons. The molecular weight excluding hydrogens is 397 g/mol. The Kier molecular flexibility index (Phi) is 7.61. The van der Waals surface area contributed by atoms with E-state index < -0.39 is 7.37 Å². The Morgan fingerprint density at radius 2 is 1.83 bits per heavy atom. The van der Waals surface area contributed by atoms with Gasteiger partial charge in [-0.05, 0) is 55.3 Å². The molecule has 3 rings (SSSR count). The van der Waals surface area contributed by atoms with Crippen LogP contribution in [0.2, 0.25) is 0 Å². The van der Waals surface area contributed by atoms with Crippen LogP contribution in [0.1, 0.15) is 25.8 Å². The summed E-state index contributed by atoms with van der Waals surface area (Å²) in [5, 5.41) is 3.32. The van der Waals surface area contributed by atoms with E-state index in [1.807, 2.05) is 68.4 Å². The number of anilines is 2. The third kappa shape index (κ3) is 5.91. The van der Waals surface area contributed by atoms with Crippen molar-refractivity contribution in [3.05, 3.63) is 66.5 Å². The van der Waals surface area contributed by atoms with Gasteiger partial charge in [0.2, 0.25) is 7.37 Å². The molecule has 3 aromatic rings. The van der Waals surface area contributed by atoms with Crippen LogP contribution < -0.4 is 10.1 Å². The molecule has 0 saturated carbocycles. The van der Waals surface area contributed by atoms with Crippen LogP contribution in [-0.4, -0.2) is 29.8 Å². The van der Waals surface area contributed by atoms with Crippen LogP contribution in [0.15, 0.2) is 60.9 Å². The van der Waals surface area contributed by atoms with Crippen molar-refractivity contribution in [2.45, 2.75) is 26.4 Å². The third-order valence-corrected chi connectivity index (χ3v) is 7.31. The molecule has 1 atom stereocenters. The van der Waals surface area contributed by atoms with Gasteiger partial charge in [0.05, 0.1) is 19.4 Å². The number of hydrogen-bond donors (Lipinski definition) is 1. The van der Waals surface area contributed by atoms with Crippen LogP contribution in [0, 0.1) is 0 Å². The zero-order chi connectivity index (χ0) is 21.4. The van der Waals surface area contributed by atoms with Crippen molar-refractivity contribution in [1.82, 2.24) is 9.97 Å². The van der Waals surface area contributed by atoms with E-state index in [0.717, 1.165) is 34.7 Å². The van der Waals surface area contributed by atoms with Crippen molar-refractivity contribution in [1.29, 1.82) is 0 Å². The van der Waals surface area contributed by atoms with Gasteiger partial charge in [-0.3, -0.25) is 4.57 Å². The van der Waals surface area contributed by atoms with Crippen LogP contribution in [0.5, 0.6) is 5.75 Å². The maximum atomic E-state index is 13.0. The van der Waals surface area contributed by atoms with Gasteiger partial charge in [-0.1, -0.05) is 19.1 Å². The normalized spacial score (nSPS) is 12.9. The SMILES string of the molecule is CCCP(=O)(Cc1cccc(Nc2cc(-c3ccc(OC)cc3)ncn2)c1)OCC. The Balaban J connectivity index is 1.76. The van der Waals surface area contributed by atoms with Crippen LogP contribution >= 0.6 is 7.37 Å². The van der Waals surface area contributed by atoms with Gasteiger partial charge in [0.15, 0.2) is 0 Å². The zero-order valence-electron chi connectivity index (χ0n) is 17.7. The van der Waals surface area contributed by atoms with Gasteiger partial charge in [-0.2, -0.15) is 0 Å². The van der Waals surface area contributed by atoms with Crippen LogP contribution in [0.4, 0.5) is 11.5 Å². The fourth-order valence-electron chi connectivity index (χ4n) is 3.28. The molecule has 0 spiro atoms. The second kappa shape index (κ2) is 10.4. The molecule has 2 aromatic carbocycles. The summed E-state index contributed by atoms with van der Waals surface area (Å²) < 4.78 is 23.9. The molecule has 1 unspecified atom stereocenters. The van der Waals surface area contributed by atoms with Gasteiger partial charge in [0.1, 0.15) is 17.9 Å². The molecule has 0 aliphatic heterocycles. The number of rotatable bonds is 10. The Morgan fingerprint density at radius 3 is 2.53 bits per heavy atom. The van der Waals surface area contributed by atoms with E-state index in [1.54, 1.807) is 7.11 Å². The molecule has 0 bridgehead atoms. The van der Waals surface area contributed by atoms with E-state index in [-0.39, 0.29) is 0 Å². The average Bonchev–Trinajstić information content (AvgIpc) is 2.74. The van der Waals surface area contributed by atoms with E-state index in [0.29, 0.717) is 24.7 Å². The van der Waals surface area contributed by atoms with Crippen molar-refractivity contribution in [3.63, 3.8) is 0 Å². The van der Waals surface area contributed by atoms with Gasteiger partial charge in [-0.15, -0.1) is 0 Å². The van der Waals surface area contributed by atoms with Gasteiger partial charge < -0.3 is 14.6 Å². The molecule has 1 aromatic heterocycles. The van der Waals surface area contributed by atoms with E-state index in [2.05, 4.69) is 15.3 Å². The maximum Gasteiger partial charge on any atom is 0.207 e. The smallest absolute Gasteiger partial charge is 0.207 e. The summed E-state index contributed by atoms with van der Waals surface area (Å²) in [5.74, 6) is 1.49. The number of hydrogen-bond acceptors (Lipinski definition) is 6. The first-order valence-corrected chi connectivity index (χ1v) is 12.1. The van der Waals surface area contributed by atoms with Gasteiger partial charge >= 0.3 is 0 Å². The number of ether oxygens (including phenoxy) is 1. The monoisotopic (exact) mass is 425 g/mol. The summed E-state index contributed by atoms with van der Waals surface area (Å²) in [6, 6.07) is 17.5. The Hall–Kier alpha value is -2.69. The molecule has 1 N–H and O–H groups in total. The minimum Gasteiger partial charge on any atom is -0.497 e. The molecule has 0 saturated heterocycles. The molecule has 0 aliphatic carbocycles. The minimum atomic E-state index is -2.66. The van der Waals surface area contributed by atoms with Crippen molar-refractivity contribution in [2.24, 2.45) is 0 Å². The highest BCUT2D eigenvalue weighted by molar-refractivity contribution is 7.58. The van der Waals surface area contributed by atoms with E-state index in [4.69, 9.17) is 9.26 Å². The lowest BCUT2D eigenvalue weighted by Gasteiger charge is -2.17. The average molecular weight is 425 g/mol. The highest BCUT2D eigenvalue weighted by Crippen LogP contribution is 2.50. The summed E-state index contributed by atoms with van der Waals surface area (Å²) in [5.41, 5.74) is 3.66. The molecule has 7 heteroatoms. The van der Waals surface area contributed by atoms with E-state index >= 15 is 0 Å². The topological polar surface area (TPSA) is 73.3 Å². The van der Waals surface area contributed by atoms with Crippen molar-refractivity contribution < 1.29 is 13.8 Å². The summed E-state index contributed by atoms with van der Waals surface area (Å²) in [6.07, 6.45) is 3.40. The minimum absolute atomic E-state index is 0.436. The standard InChI is InChI=1S/C23H28N3O3P/c1-4-13-30(27,29-5-2)16-18-7-6-8-20(14-18)26-23-15-22(24-17-25-23)19-9-11-21(28-3)12-10-19/h6-12,14-15,17H,4-5,13,16H2,1-3H3,(H,24,25,26). The summed E-state index contributed by atoms with van der Waals surface area (Å²) in [7, 11) is -1.02. The Morgan fingerprint density at radius 1 is 1.03 bits per heavy atom. The Bertz CT molecular complexity index is 999. The van der Waals surface area contributed by atoms with Crippen molar-refractivity contribution in [2.75, 3.05) is 25.2 Å². The summed E-state index contributed by atoms with van der Waals surface area (Å²) in [4.78, 5) is 8.70. The second-order valence-electron chi connectivity index (χ2n) is 6.96. The zero-order valence-corrected chi connectivity index (χ0v) is 18.6.